The van der Waals surface area contributed by atoms with E-state index >= 15 is 0 Å². The molecule has 0 aliphatic heterocycles. The second-order valence-corrected chi connectivity index (χ2v) is 7.91. The molecule has 0 saturated heterocycles. The number of phenols is 2. The first-order valence-electron chi connectivity index (χ1n) is 7.85. The highest BCUT2D eigenvalue weighted by atomic mass is 32.2. The molecule has 0 radical (unpaired) electrons. The van der Waals surface area contributed by atoms with Crippen LogP contribution in [0.5, 0.6) is 11.5 Å². The van der Waals surface area contributed by atoms with Crippen LogP contribution >= 0.6 is 0 Å². The topological polar surface area (TPSA) is 86.6 Å². The summed E-state index contributed by atoms with van der Waals surface area (Å²) in [6.45, 7) is 4.14. The lowest BCUT2D eigenvalue weighted by molar-refractivity contribution is 0.405. The summed E-state index contributed by atoms with van der Waals surface area (Å²) >= 11 is 0. The molecule has 6 heteroatoms. The van der Waals surface area contributed by atoms with Gasteiger partial charge in [0, 0.05) is 5.69 Å². The monoisotopic (exact) mass is 357 g/mol. The molecule has 3 aromatic rings. The molecule has 0 aliphatic rings. The highest BCUT2D eigenvalue weighted by Crippen LogP contribution is 2.31. The summed E-state index contributed by atoms with van der Waals surface area (Å²) in [5, 5.41) is 20.3. The minimum atomic E-state index is -3.75. The van der Waals surface area contributed by atoms with Crippen molar-refractivity contribution in [3.8, 4) is 11.5 Å². The summed E-state index contributed by atoms with van der Waals surface area (Å²) in [7, 11) is -3.75. The smallest absolute Gasteiger partial charge is 0.261 e. The first-order chi connectivity index (χ1) is 11.8. The molecule has 25 heavy (non-hydrogen) atoms. The van der Waals surface area contributed by atoms with Crippen molar-refractivity contribution in [3.05, 3.63) is 60.2 Å². The third kappa shape index (κ3) is 3.53. The van der Waals surface area contributed by atoms with Gasteiger partial charge in [0.1, 0.15) is 0 Å². The molecule has 3 rings (SSSR count). The maximum atomic E-state index is 12.6. The number of fused-ring (bicyclic) bond motifs is 1. The third-order valence-corrected chi connectivity index (χ3v) is 5.42. The molecule has 0 atom stereocenters. The highest BCUT2D eigenvalue weighted by Gasteiger charge is 2.15. The van der Waals surface area contributed by atoms with Crippen LogP contribution < -0.4 is 4.72 Å². The van der Waals surface area contributed by atoms with Crippen molar-refractivity contribution >= 4 is 26.5 Å². The Morgan fingerprint density at radius 1 is 0.840 bits per heavy atom. The quantitative estimate of drug-likeness (QED) is 0.612. The summed E-state index contributed by atoms with van der Waals surface area (Å²) in [6.07, 6.45) is 0. The molecule has 3 aromatic carbocycles. The minimum Gasteiger partial charge on any atom is -0.504 e. The summed E-state index contributed by atoms with van der Waals surface area (Å²) < 4.78 is 27.7. The highest BCUT2D eigenvalue weighted by molar-refractivity contribution is 7.92. The van der Waals surface area contributed by atoms with Gasteiger partial charge < -0.3 is 10.2 Å². The van der Waals surface area contributed by atoms with Crippen molar-refractivity contribution in [3.63, 3.8) is 0 Å². The van der Waals surface area contributed by atoms with Crippen molar-refractivity contribution in [2.24, 2.45) is 0 Å². The standard InChI is InChI=1S/C19H19NO4S/c1-12(2)13-3-6-16(7-4-13)20-25(23,24)17-8-5-14-10-18(21)19(22)11-15(14)9-17/h3-12,20-22H,1-2H3. The molecule has 0 spiro atoms. The van der Waals surface area contributed by atoms with Crippen molar-refractivity contribution in [1.82, 2.24) is 0 Å². The number of sulfonamides is 1. The van der Waals surface area contributed by atoms with Crippen molar-refractivity contribution in [1.29, 1.82) is 0 Å². The Bertz CT molecular complexity index is 1030. The normalized spacial score (nSPS) is 11.8. The van der Waals surface area contributed by atoms with Gasteiger partial charge in [0.05, 0.1) is 4.90 Å². The zero-order valence-corrected chi connectivity index (χ0v) is 14.7. The molecule has 0 amide bonds. The fourth-order valence-corrected chi connectivity index (χ4v) is 3.66. The Morgan fingerprint density at radius 2 is 1.44 bits per heavy atom. The molecule has 0 fully saturated rings. The van der Waals surface area contributed by atoms with Crippen LogP contribution in [0.25, 0.3) is 10.8 Å². The van der Waals surface area contributed by atoms with E-state index < -0.39 is 10.0 Å². The van der Waals surface area contributed by atoms with E-state index in [-0.39, 0.29) is 16.4 Å². The summed E-state index contributed by atoms with van der Waals surface area (Å²) in [5.74, 6) is -0.166. The third-order valence-electron chi connectivity index (χ3n) is 4.04. The summed E-state index contributed by atoms with van der Waals surface area (Å²) in [6, 6.07) is 14.5. The Kier molecular flexibility index (Phi) is 4.30. The lowest BCUT2D eigenvalue weighted by atomic mass is 10.0. The molecule has 3 N–H and O–H groups in total. The fraction of sp³-hybridized carbons (Fsp3) is 0.158. The molecule has 0 aliphatic carbocycles. The van der Waals surface area contributed by atoms with Gasteiger partial charge in [0.2, 0.25) is 0 Å². The van der Waals surface area contributed by atoms with Crippen LogP contribution in [0.3, 0.4) is 0 Å². The number of nitrogens with one attached hydrogen (secondary N) is 1. The number of aromatic hydroxyl groups is 2. The number of rotatable bonds is 4. The van der Waals surface area contributed by atoms with E-state index in [2.05, 4.69) is 18.6 Å². The molecular weight excluding hydrogens is 338 g/mol. The molecule has 0 saturated carbocycles. The van der Waals surface area contributed by atoms with Gasteiger partial charge in [0.25, 0.3) is 10.0 Å². The van der Waals surface area contributed by atoms with Crippen LogP contribution in [0.4, 0.5) is 5.69 Å². The Hall–Kier alpha value is -2.73. The molecule has 0 bridgehead atoms. The van der Waals surface area contributed by atoms with Gasteiger partial charge >= 0.3 is 0 Å². The average Bonchev–Trinajstić information content (AvgIpc) is 2.55. The molecule has 5 nitrogen and oxygen atoms in total. The Balaban J connectivity index is 1.93. The van der Waals surface area contributed by atoms with E-state index in [1.54, 1.807) is 18.2 Å². The largest absolute Gasteiger partial charge is 0.504 e. The summed E-state index contributed by atoms with van der Waals surface area (Å²) in [5.41, 5.74) is 1.61. The molecule has 130 valence electrons. The first kappa shape index (κ1) is 17.1. The Morgan fingerprint density at radius 3 is 2.04 bits per heavy atom. The number of anilines is 1. The van der Waals surface area contributed by atoms with Crippen LogP contribution in [0, 0.1) is 0 Å². The van der Waals surface area contributed by atoms with Crippen LogP contribution in [-0.4, -0.2) is 18.6 Å². The maximum Gasteiger partial charge on any atom is 0.261 e. The van der Waals surface area contributed by atoms with E-state index in [1.165, 1.54) is 24.3 Å². The predicted molar refractivity (Wildman–Crippen MR) is 98.6 cm³/mol. The molecule has 0 heterocycles. The van der Waals surface area contributed by atoms with Gasteiger partial charge in [-0.05, 0) is 58.7 Å². The van der Waals surface area contributed by atoms with Gasteiger partial charge in [-0.2, -0.15) is 0 Å². The number of hydrogen-bond acceptors (Lipinski definition) is 4. The minimum absolute atomic E-state index is 0.0815. The summed E-state index contributed by atoms with van der Waals surface area (Å²) in [4.78, 5) is 0.0815. The van der Waals surface area contributed by atoms with Gasteiger partial charge in [-0.15, -0.1) is 0 Å². The lowest BCUT2D eigenvalue weighted by Gasteiger charge is -2.11. The Labute approximate surface area is 146 Å². The fourth-order valence-electron chi connectivity index (χ4n) is 2.57. The number of benzene rings is 3. The second kappa shape index (κ2) is 6.29. The van der Waals surface area contributed by atoms with Crippen LogP contribution in [0.2, 0.25) is 0 Å². The first-order valence-corrected chi connectivity index (χ1v) is 9.33. The molecule has 0 aromatic heterocycles. The maximum absolute atomic E-state index is 12.6. The van der Waals surface area contributed by atoms with Gasteiger partial charge in [-0.1, -0.05) is 32.0 Å². The molecular formula is C19H19NO4S. The van der Waals surface area contributed by atoms with Gasteiger partial charge in [-0.3, -0.25) is 4.72 Å². The predicted octanol–water partition coefficient (Wildman–Crippen LogP) is 4.18. The zero-order chi connectivity index (χ0) is 18.2. The number of hydrogen-bond donors (Lipinski definition) is 3. The van der Waals surface area contributed by atoms with E-state index in [0.717, 1.165) is 5.56 Å². The lowest BCUT2D eigenvalue weighted by Crippen LogP contribution is -2.12. The second-order valence-electron chi connectivity index (χ2n) is 6.23. The van der Waals surface area contributed by atoms with Crippen molar-refractivity contribution in [2.45, 2.75) is 24.7 Å². The van der Waals surface area contributed by atoms with Crippen LogP contribution in [0.1, 0.15) is 25.3 Å². The van der Waals surface area contributed by atoms with Crippen LogP contribution in [0.15, 0.2) is 59.5 Å². The SMILES string of the molecule is CC(C)c1ccc(NS(=O)(=O)c2ccc3cc(O)c(O)cc3c2)cc1. The van der Waals surface area contributed by atoms with Gasteiger partial charge in [-0.25, -0.2) is 8.42 Å². The zero-order valence-electron chi connectivity index (χ0n) is 13.9. The number of phenolic OH excluding ortho intramolecular Hbond substituents is 2. The molecule has 0 unspecified atom stereocenters. The van der Waals surface area contributed by atoms with Gasteiger partial charge in [0.15, 0.2) is 11.5 Å². The van der Waals surface area contributed by atoms with Crippen molar-refractivity contribution < 1.29 is 18.6 Å². The van der Waals surface area contributed by atoms with E-state index in [0.29, 0.717) is 22.4 Å². The van der Waals surface area contributed by atoms with Crippen LogP contribution in [-0.2, 0) is 10.0 Å². The van der Waals surface area contributed by atoms with Crippen molar-refractivity contribution in [2.75, 3.05) is 4.72 Å². The van der Waals surface area contributed by atoms with E-state index in [9.17, 15) is 18.6 Å². The van der Waals surface area contributed by atoms with E-state index in [1.807, 2.05) is 12.1 Å². The van der Waals surface area contributed by atoms with E-state index in [4.69, 9.17) is 0 Å². The average molecular weight is 357 g/mol.